The quantitative estimate of drug-likeness (QED) is 0.786. The molecule has 5 heteroatoms. The van der Waals surface area contributed by atoms with Crippen LogP contribution in [0.5, 0.6) is 0 Å². The summed E-state index contributed by atoms with van der Waals surface area (Å²) in [6.07, 6.45) is 3.23. The zero-order chi connectivity index (χ0) is 12.8. The lowest BCUT2D eigenvalue weighted by Crippen LogP contribution is -2.43. The van der Waals surface area contributed by atoms with Gasteiger partial charge in [0.2, 0.25) is 11.8 Å². The van der Waals surface area contributed by atoms with E-state index in [0.29, 0.717) is 13.0 Å². The Labute approximate surface area is 111 Å². The first-order chi connectivity index (χ1) is 8.04. The highest BCUT2D eigenvalue weighted by Crippen LogP contribution is 2.18. The summed E-state index contributed by atoms with van der Waals surface area (Å²) in [4.78, 5) is 25.1. The Hall–Kier alpha value is -0.580. The van der Waals surface area contributed by atoms with Gasteiger partial charge in [-0.15, -0.1) is 0 Å². The average molecular weight is 305 g/mol. The van der Waals surface area contributed by atoms with Gasteiger partial charge in [-0.1, -0.05) is 22.9 Å². The number of nitrogens with one attached hydrogen (secondary N) is 1. The third kappa shape index (κ3) is 4.66. The standard InChI is InChI=1S/C12H21BrN2O2/c1-3-9(2)14-11(16)6-8-15-7-4-5-10(13)12(15)17/h9-10H,3-8H2,1-2H3,(H,14,16). The van der Waals surface area contributed by atoms with E-state index in [4.69, 9.17) is 0 Å². The topological polar surface area (TPSA) is 49.4 Å². The number of halogens is 1. The van der Waals surface area contributed by atoms with Crippen molar-refractivity contribution in [1.29, 1.82) is 0 Å². The monoisotopic (exact) mass is 304 g/mol. The van der Waals surface area contributed by atoms with Gasteiger partial charge in [-0.25, -0.2) is 0 Å². The van der Waals surface area contributed by atoms with Crippen LogP contribution in [0.4, 0.5) is 0 Å². The average Bonchev–Trinajstić information content (AvgIpc) is 2.31. The predicted octanol–water partition coefficient (Wildman–Crippen LogP) is 1.68. The van der Waals surface area contributed by atoms with Gasteiger partial charge in [0.05, 0.1) is 4.83 Å². The number of likely N-dealkylation sites (tertiary alicyclic amines) is 1. The molecule has 2 unspecified atom stereocenters. The predicted molar refractivity (Wildman–Crippen MR) is 71.0 cm³/mol. The molecule has 0 saturated carbocycles. The van der Waals surface area contributed by atoms with Crippen molar-refractivity contribution in [1.82, 2.24) is 10.2 Å². The molecule has 0 aromatic rings. The number of hydrogen-bond donors (Lipinski definition) is 1. The molecule has 1 saturated heterocycles. The lowest BCUT2D eigenvalue weighted by atomic mass is 10.1. The number of rotatable bonds is 5. The van der Waals surface area contributed by atoms with Crippen molar-refractivity contribution < 1.29 is 9.59 Å². The number of nitrogens with zero attached hydrogens (tertiary/aromatic N) is 1. The van der Waals surface area contributed by atoms with Crippen molar-refractivity contribution in [3.05, 3.63) is 0 Å². The molecule has 0 spiro atoms. The number of amides is 2. The second-order valence-corrected chi connectivity index (χ2v) is 5.67. The largest absolute Gasteiger partial charge is 0.354 e. The Balaban J connectivity index is 2.30. The van der Waals surface area contributed by atoms with Gasteiger partial charge in [0.1, 0.15) is 0 Å². The molecule has 0 bridgehead atoms. The third-order valence-corrected chi connectivity index (χ3v) is 3.94. The highest BCUT2D eigenvalue weighted by atomic mass is 79.9. The first-order valence-electron chi connectivity index (χ1n) is 6.26. The second kappa shape index (κ2) is 6.99. The number of carbonyl (C=O) groups excluding carboxylic acids is 2. The minimum Gasteiger partial charge on any atom is -0.354 e. The lowest BCUT2D eigenvalue weighted by Gasteiger charge is -2.29. The van der Waals surface area contributed by atoms with Gasteiger partial charge < -0.3 is 10.2 Å². The van der Waals surface area contributed by atoms with E-state index in [1.165, 1.54) is 0 Å². The molecule has 2 atom stereocenters. The fraction of sp³-hybridized carbons (Fsp3) is 0.833. The van der Waals surface area contributed by atoms with Crippen LogP contribution in [0.2, 0.25) is 0 Å². The molecule has 4 nitrogen and oxygen atoms in total. The van der Waals surface area contributed by atoms with Crippen molar-refractivity contribution in [2.45, 2.75) is 50.4 Å². The Kier molecular flexibility index (Phi) is 5.95. The maximum Gasteiger partial charge on any atom is 0.236 e. The van der Waals surface area contributed by atoms with Crippen LogP contribution in [-0.2, 0) is 9.59 Å². The van der Waals surface area contributed by atoms with Gasteiger partial charge >= 0.3 is 0 Å². The molecule has 0 aliphatic carbocycles. The zero-order valence-corrected chi connectivity index (χ0v) is 12.1. The SMILES string of the molecule is CCC(C)NC(=O)CCN1CCCC(Br)C1=O. The molecule has 17 heavy (non-hydrogen) atoms. The van der Waals surface area contributed by atoms with E-state index in [-0.39, 0.29) is 22.7 Å². The minimum absolute atomic E-state index is 0.0313. The van der Waals surface area contributed by atoms with E-state index in [0.717, 1.165) is 25.8 Å². The van der Waals surface area contributed by atoms with Gasteiger partial charge in [0.25, 0.3) is 0 Å². The summed E-state index contributed by atoms with van der Waals surface area (Å²) in [5.74, 6) is 0.149. The van der Waals surface area contributed by atoms with Gasteiger partial charge in [-0.3, -0.25) is 9.59 Å². The molecule has 1 rings (SSSR count). The minimum atomic E-state index is -0.0612. The maximum atomic E-state index is 11.8. The first kappa shape index (κ1) is 14.5. The zero-order valence-electron chi connectivity index (χ0n) is 10.5. The molecule has 0 aromatic heterocycles. The molecule has 98 valence electrons. The molecule has 1 aliphatic rings. The molecule has 0 radical (unpaired) electrons. The molecule has 0 aromatic carbocycles. The van der Waals surface area contributed by atoms with Crippen LogP contribution in [-0.4, -0.2) is 40.7 Å². The van der Waals surface area contributed by atoms with Gasteiger partial charge in [0.15, 0.2) is 0 Å². The highest BCUT2D eigenvalue weighted by molar-refractivity contribution is 9.10. The van der Waals surface area contributed by atoms with Gasteiger partial charge in [0, 0.05) is 25.6 Å². The van der Waals surface area contributed by atoms with Crippen LogP contribution in [0.15, 0.2) is 0 Å². The van der Waals surface area contributed by atoms with Crippen LogP contribution in [0.1, 0.15) is 39.5 Å². The van der Waals surface area contributed by atoms with Crippen LogP contribution in [0.3, 0.4) is 0 Å². The van der Waals surface area contributed by atoms with Gasteiger partial charge in [-0.05, 0) is 26.2 Å². The lowest BCUT2D eigenvalue weighted by molar-refractivity contribution is -0.133. The summed E-state index contributed by atoms with van der Waals surface area (Å²) in [6.45, 7) is 5.33. The summed E-state index contributed by atoms with van der Waals surface area (Å²) in [5.41, 5.74) is 0. The van der Waals surface area contributed by atoms with Crippen LogP contribution >= 0.6 is 15.9 Å². The maximum absolute atomic E-state index is 11.8. The fourth-order valence-electron chi connectivity index (χ4n) is 1.80. The Morgan fingerprint density at radius 3 is 3.00 bits per heavy atom. The van der Waals surface area contributed by atoms with Crippen LogP contribution < -0.4 is 5.32 Å². The third-order valence-electron chi connectivity index (χ3n) is 3.09. The van der Waals surface area contributed by atoms with Crippen molar-refractivity contribution in [2.24, 2.45) is 0 Å². The van der Waals surface area contributed by atoms with E-state index in [9.17, 15) is 9.59 Å². The Morgan fingerprint density at radius 1 is 1.65 bits per heavy atom. The summed E-state index contributed by atoms with van der Waals surface area (Å²) >= 11 is 3.36. The number of alkyl halides is 1. The number of hydrogen-bond acceptors (Lipinski definition) is 2. The van der Waals surface area contributed by atoms with E-state index in [1.807, 2.05) is 13.8 Å². The molecule has 1 heterocycles. The second-order valence-electron chi connectivity index (χ2n) is 4.56. The molecule has 1 aliphatic heterocycles. The normalized spacial score (nSPS) is 22.4. The van der Waals surface area contributed by atoms with E-state index in [2.05, 4.69) is 21.2 Å². The highest BCUT2D eigenvalue weighted by Gasteiger charge is 2.26. The van der Waals surface area contributed by atoms with E-state index < -0.39 is 0 Å². The van der Waals surface area contributed by atoms with Crippen molar-refractivity contribution in [2.75, 3.05) is 13.1 Å². The Bertz CT molecular complexity index is 284. The van der Waals surface area contributed by atoms with Crippen molar-refractivity contribution >= 4 is 27.7 Å². The van der Waals surface area contributed by atoms with Crippen molar-refractivity contribution in [3.63, 3.8) is 0 Å². The summed E-state index contributed by atoms with van der Waals surface area (Å²) in [5, 5.41) is 2.91. The smallest absolute Gasteiger partial charge is 0.236 e. The molecule has 2 amide bonds. The van der Waals surface area contributed by atoms with Gasteiger partial charge in [-0.2, -0.15) is 0 Å². The van der Waals surface area contributed by atoms with Crippen LogP contribution in [0.25, 0.3) is 0 Å². The molecule has 1 N–H and O–H groups in total. The van der Waals surface area contributed by atoms with Crippen molar-refractivity contribution in [3.8, 4) is 0 Å². The first-order valence-corrected chi connectivity index (χ1v) is 7.18. The summed E-state index contributed by atoms with van der Waals surface area (Å²) in [6, 6.07) is 0.212. The number of carbonyl (C=O) groups is 2. The van der Waals surface area contributed by atoms with E-state index >= 15 is 0 Å². The molecular formula is C12H21BrN2O2. The number of piperidine rings is 1. The molecular weight excluding hydrogens is 284 g/mol. The summed E-state index contributed by atoms with van der Waals surface area (Å²) in [7, 11) is 0. The fourth-order valence-corrected chi connectivity index (χ4v) is 2.41. The molecule has 1 fully saturated rings. The summed E-state index contributed by atoms with van der Waals surface area (Å²) < 4.78 is 0. The van der Waals surface area contributed by atoms with Crippen LogP contribution in [0, 0.1) is 0 Å². The van der Waals surface area contributed by atoms with E-state index in [1.54, 1.807) is 4.90 Å². The Morgan fingerprint density at radius 2 is 2.35 bits per heavy atom.